The fourth-order valence-corrected chi connectivity index (χ4v) is 12.1. The normalized spacial score (nSPS) is 15.6. The highest BCUT2D eigenvalue weighted by Gasteiger charge is 2.42. The van der Waals surface area contributed by atoms with Crippen LogP contribution in [0.1, 0.15) is 0 Å². The number of rotatable bonds is 3. The molecule has 2 nitrogen and oxygen atoms in total. The number of aromatic nitrogens is 1. The maximum Gasteiger partial charge on any atom is 0.174 e. The lowest BCUT2D eigenvalue weighted by atomic mass is 10.0. The standard InChI is InChI=1S/C42H26NOPS/c44-45(29-11-2-1-3-12-29)38-19-8-5-14-32(38)35-26-25-34-31-13-4-7-18-37(31)43(40(34)41(35)45)28-23-21-27(22-24-28)30-16-10-17-36-33-15-6-9-20-39(33)46-42(30)36/h1-26H. The second-order valence-corrected chi connectivity index (χ2v) is 15.7. The Hall–Kier alpha value is -5.21. The van der Waals surface area contributed by atoms with Crippen molar-refractivity contribution in [3.05, 3.63) is 158 Å². The Morgan fingerprint density at radius 2 is 1.20 bits per heavy atom. The molecule has 1 atom stereocenters. The molecular weight excluding hydrogens is 598 g/mol. The predicted octanol–water partition coefficient (Wildman–Crippen LogP) is 10.4. The summed E-state index contributed by atoms with van der Waals surface area (Å²) in [5, 5.41) is 7.63. The van der Waals surface area contributed by atoms with Crippen molar-refractivity contribution in [2.75, 3.05) is 0 Å². The van der Waals surface area contributed by atoms with Gasteiger partial charge in [0, 0.05) is 47.2 Å². The topological polar surface area (TPSA) is 22.0 Å². The quantitative estimate of drug-likeness (QED) is 0.180. The third-order valence-corrected chi connectivity index (χ3v) is 14.0. The van der Waals surface area contributed by atoms with Gasteiger partial charge in [0.1, 0.15) is 0 Å². The lowest BCUT2D eigenvalue weighted by Crippen LogP contribution is -2.22. The molecule has 0 saturated carbocycles. The second kappa shape index (κ2) is 9.64. The molecule has 0 saturated heterocycles. The maximum atomic E-state index is 15.8. The van der Waals surface area contributed by atoms with Crippen molar-refractivity contribution in [3.63, 3.8) is 0 Å². The van der Waals surface area contributed by atoms with Crippen LogP contribution in [0.4, 0.5) is 0 Å². The van der Waals surface area contributed by atoms with Gasteiger partial charge in [-0.1, -0.05) is 133 Å². The van der Waals surface area contributed by atoms with E-state index in [2.05, 4.69) is 126 Å². The van der Waals surface area contributed by atoms with Gasteiger partial charge in [-0.05, 0) is 46.5 Å². The molecule has 10 rings (SSSR count). The van der Waals surface area contributed by atoms with Crippen LogP contribution in [0, 0.1) is 0 Å². The van der Waals surface area contributed by atoms with Gasteiger partial charge >= 0.3 is 0 Å². The van der Waals surface area contributed by atoms with Gasteiger partial charge < -0.3 is 9.13 Å². The molecule has 3 heterocycles. The number of para-hydroxylation sites is 1. The van der Waals surface area contributed by atoms with Crippen LogP contribution in [0.25, 0.3) is 69.9 Å². The minimum absolute atomic E-state index is 0.872. The summed E-state index contributed by atoms with van der Waals surface area (Å²) in [5.74, 6) is 0. The molecule has 0 fully saturated rings. The smallest absolute Gasteiger partial charge is 0.174 e. The van der Waals surface area contributed by atoms with E-state index in [4.69, 9.17) is 0 Å². The van der Waals surface area contributed by atoms with Crippen molar-refractivity contribution in [2.45, 2.75) is 0 Å². The third kappa shape index (κ3) is 3.45. The average Bonchev–Trinajstić information content (AvgIpc) is 3.75. The zero-order chi connectivity index (χ0) is 30.4. The predicted molar refractivity (Wildman–Crippen MR) is 197 cm³/mol. The molecule has 0 aliphatic carbocycles. The molecule has 2 aromatic heterocycles. The molecule has 1 aliphatic heterocycles. The van der Waals surface area contributed by atoms with E-state index in [0.29, 0.717) is 0 Å². The third-order valence-electron chi connectivity index (χ3n) is 9.62. The molecule has 1 unspecified atom stereocenters. The zero-order valence-corrected chi connectivity index (χ0v) is 26.4. The van der Waals surface area contributed by atoms with Gasteiger partial charge in [-0.15, -0.1) is 11.3 Å². The van der Waals surface area contributed by atoms with Crippen LogP contribution < -0.4 is 15.9 Å². The fraction of sp³-hybridized carbons (Fsp3) is 0. The Morgan fingerprint density at radius 3 is 2.07 bits per heavy atom. The van der Waals surface area contributed by atoms with Crippen molar-refractivity contribution >= 4 is 76.4 Å². The molecule has 0 bridgehead atoms. The number of benzene rings is 7. The SMILES string of the molecule is O=P1(c2ccccc2)c2ccccc2-c2ccc3c4ccccc4n(-c4ccc(-c5cccc6c5sc5ccccc56)cc4)c3c21. The summed E-state index contributed by atoms with van der Waals surface area (Å²) < 4.78 is 20.7. The molecule has 0 spiro atoms. The monoisotopic (exact) mass is 623 g/mol. The van der Waals surface area contributed by atoms with Crippen LogP contribution in [0.3, 0.4) is 0 Å². The lowest BCUT2D eigenvalue weighted by molar-refractivity contribution is 0.593. The first kappa shape index (κ1) is 26.1. The Morgan fingerprint density at radius 1 is 0.500 bits per heavy atom. The van der Waals surface area contributed by atoms with E-state index >= 15 is 4.57 Å². The summed E-state index contributed by atoms with van der Waals surface area (Å²) in [6.45, 7) is 0. The number of nitrogens with zero attached hydrogens (tertiary/aromatic N) is 1. The van der Waals surface area contributed by atoms with E-state index in [1.165, 1.54) is 31.3 Å². The molecule has 4 heteroatoms. The summed E-state index contributed by atoms with van der Waals surface area (Å²) in [6.07, 6.45) is 0. The molecule has 0 amide bonds. The number of fused-ring (bicyclic) bond motifs is 10. The first-order valence-electron chi connectivity index (χ1n) is 15.6. The molecular formula is C42H26NOPS. The van der Waals surface area contributed by atoms with Crippen LogP contribution in [-0.4, -0.2) is 4.57 Å². The van der Waals surface area contributed by atoms with E-state index in [1.54, 1.807) is 0 Å². The van der Waals surface area contributed by atoms with E-state index in [1.807, 2.05) is 47.7 Å². The summed E-state index contributed by atoms with van der Waals surface area (Å²) in [7, 11) is -3.17. The molecule has 7 aromatic carbocycles. The molecule has 46 heavy (non-hydrogen) atoms. The first-order valence-corrected chi connectivity index (χ1v) is 18.1. The lowest BCUT2D eigenvalue weighted by Gasteiger charge is -2.18. The van der Waals surface area contributed by atoms with Gasteiger partial charge in [0.25, 0.3) is 0 Å². The van der Waals surface area contributed by atoms with E-state index in [9.17, 15) is 0 Å². The van der Waals surface area contributed by atoms with Gasteiger partial charge in [0.2, 0.25) is 0 Å². The van der Waals surface area contributed by atoms with Crippen molar-refractivity contribution < 1.29 is 4.57 Å². The van der Waals surface area contributed by atoms with Crippen LogP contribution in [0.5, 0.6) is 0 Å². The van der Waals surface area contributed by atoms with Gasteiger partial charge in [-0.3, -0.25) is 0 Å². The average molecular weight is 624 g/mol. The minimum atomic E-state index is -3.17. The number of hydrogen-bond acceptors (Lipinski definition) is 2. The van der Waals surface area contributed by atoms with Crippen molar-refractivity contribution in [1.82, 2.24) is 4.57 Å². The highest BCUT2D eigenvalue weighted by Crippen LogP contribution is 2.55. The Bertz CT molecular complexity index is 2720. The van der Waals surface area contributed by atoms with Gasteiger partial charge in [-0.25, -0.2) is 0 Å². The van der Waals surface area contributed by atoms with E-state index in [-0.39, 0.29) is 0 Å². The molecule has 0 N–H and O–H groups in total. The fourth-order valence-electron chi connectivity index (χ4n) is 7.61. The molecule has 1 aliphatic rings. The van der Waals surface area contributed by atoms with Crippen LogP contribution in [-0.2, 0) is 4.57 Å². The Labute approximate surface area is 270 Å². The van der Waals surface area contributed by atoms with Gasteiger partial charge in [0.05, 0.1) is 16.3 Å². The van der Waals surface area contributed by atoms with E-state index in [0.717, 1.165) is 54.5 Å². The number of hydrogen-bond donors (Lipinski definition) is 0. The van der Waals surface area contributed by atoms with Crippen molar-refractivity contribution in [2.24, 2.45) is 0 Å². The summed E-state index contributed by atoms with van der Waals surface area (Å²) in [5.41, 5.74) is 7.76. The van der Waals surface area contributed by atoms with Crippen molar-refractivity contribution in [1.29, 1.82) is 0 Å². The molecule has 9 aromatic rings. The largest absolute Gasteiger partial charge is 0.309 e. The molecule has 216 valence electrons. The summed E-state index contributed by atoms with van der Waals surface area (Å²) >= 11 is 1.86. The Kier molecular flexibility index (Phi) is 5.46. The highest BCUT2D eigenvalue weighted by molar-refractivity contribution is 7.86. The maximum absolute atomic E-state index is 15.8. The van der Waals surface area contributed by atoms with Crippen LogP contribution >= 0.6 is 18.5 Å². The van der Waals surface area contributed by atoms with Gasteiger partial charge in [0.15, 0.2) is 7.14 Å². The Balaban J connectivity index is 1.24. The first-order chi connectivity index (χ1) is 22.7. The second-order valence-electron chi connectivity index (χ2n) is 12.0. The van der Waals surface area contributed by atoms with E-state index < -0.39 is 7.14 Å². The van der Waals surface area contributed by atoms with Gasteiger partial charge in [-0.2, -0.15) is 0 Å². The van der Waals surface area contributed by atoms with Crippen molar-refractivity contribution in [3.8, 4) is 27.9 Å². The van der Waals surface area contributed by atoms with Crippen LogP contribution in [0.15, 0.2) is 158 Å². The number of thiophene rings is 1. The minimum Gasteiger partial charge on any atom is -0.309 e. The molecule has 0 radical (unpaired) electrons. The summed E-state index contributed by atoms with van der Waals surface area (Å²) in [6, 6.07) is 55.5. The van der Waals surface area contributed by atoms with Crippen LogP contribution in [0.2, 0.25) is 0 Å². The highest BCUT2D eigenvalue weighted by atomic mass is 32.1. The summed E-state index contributed by atoms with van der Waals surface area (Å²) in [4.78, 5) is 0. The zero-order valence-electron chi connectivity index (χ0n) is 24.7.